The number of hydrogen-bond donors (Lipinski definition) is 0. The van der Waals surface area contributed by atoms with Crippen LogP contribution in [0.15, 0.2) is 36.4 Å². The van der Waals surface area contributed by atoms with E-state index in [1.165, 1.54) is 13.2 Å². The maximum atomic E-state index is 14.6. The van der Waals surface area contributed by atoms with E-state index in [1.807, 2.05) is 18.2 Å². The topological polar surface area (TPSA) is 46.6 Å². The Balaban J connectivity index is 1.98. The minimum atomic E-state index is -2.54. The molecule has 0 unspecified atom stereocenters. The van der Waals surface area contributed by atoms with E-state index in [4.69, 9.17) is 4.74 Å². The number of benzene rings is 2. The first-order valence-electron chi connectivity index (χ1n) is 8.20. The number of para-hydroxylation sites is 1. The number of carbonyl (C=O) groups excluding carboxylic acids is 1. The van der Waals surface area contributed by atoms with Crippen molar-refractivity contribution in [3.8, 4) is 5.75 Å². The highest BCUT2D eigenvalue weighted by atomic mass is 127. The van der Waals surface area contributed by atoms with Gasteiger partial charge in [-0.1, -0.05) is 12.1 Å². The van der Waals surface area contributed by atoms with Gasteiger partial charge in [-0.3, -0.25) is 4.79 Å². The van der Waals surface area contributed by atoms with Crippen LogP contribution in [0.2, 0.25) is 0 Å². The molecule has 0 bridgehead atoms. The second-order valence-corrected chi connectivity index (χ2v) is 11.1. The molecule has 1 amide bonds. The van der Waals surface area contributed by atoms with Crippen molar-refractivity contribution < 1.29 is 18.5 Å². The molecule has 0 spiro atoms. The predicted octanol–water partition coefficient (Wildman–Crippen LogP) is 4.21. The van der Waals surface area contributed by atoms with Gasteiger partial charge in [0.2, 0.25) is 5.91 Å². The molecule has 3 rings (SSSR count). The Bertz CT molecular complexity index is 888. The minimum Gasteiger partial charge on any atom is -0.497 e. The van der Waals surface area contributed by atoms with Crippen LogP contribution in [0, 0.1) is 9.39 Å². The number of carbonyl (C=O) groups is 1. The van der Waals surface area contributed by atoms with E-state index in [2.05, 4.69) is 22.6 Å². The molecule has 0 aromatic heterocycles. The van der Waals surface area contributed by atoms with E-state index in [0.29, 0.717) is 28.8 Å². The fourth-order valence-electron chi connectivity index (χ4n) is 3.35. The lowest BCUT2D eigenvalue weighted by molar-refractivity contribution is -0.117. The van der Waals surface area contributed by atoms with Gasteiger partial charge in [-0.05, 0) is 54.1 Å². The molecule has 1 atom stereocenters. The van der Waals surface area contributed by atoms with Gasteiger partial charge in [0.1, 0.15) is 18.7 Å². The molecule has 1 heterocycles. The predicted molar refractivity (Wildman–Crippen MR) is 111 cm³/mol. The highest BCUT2D eigenvalue weighted by molar-refractivity contribution is 14.1. The smallest absolute Gasteiger partial charge is 0.227 e. The standard InChI is InChI=1S/C19H20FINO3P/c1-25-13-9-14(20)19(15(21)10-13)12-8-18(23)22(11-12)16-6-4-5-7-17(16)26(2,3)24/h4-7,9-10,12H,8,11H2,1-3H3/t12-/m0/s1. The first-order chi connectivity index (χ1) is 12.2. The Kier molecular flexibility index (Phi) is 5.45. The molecule has 0 aliphatic carbocycles. The summed E-state index contributed by atoms with van der Waals surface area (Å²) in [6.07, 6.45) is 0.227. The number of hydrogen-bond acceptors (Lipinski definition) is 3. The maximum absolute atomic E-state index is 14.6. The Hall–Kier alpha value is -1.40. The Morgan fingerprint density at radius 3 is 2.58 bits per heavy atom. The lowest BCUT2D eigenvalue weighted by atomic mass is 9.97. The van der Waals surface area contributed by atoms with Gasteiger partial charge < -0.3 is 14.2 Å². The van der Waals surface area contributed by atoms with Crippen molar-refractivity contribution >= 4 is 46.6 Å². The van der Waals surface area contributed by atoms with Crippen LogP contribution in [-0.4, -0.2) is 32.9 Å². The van der Waals surface area contributed by atoms with Gasteiger partial charge in [0.15, 0.2) is 0 Å². The number of anilines is 1. The lowest BCUT2D eigenvalue weighted by Crippen LogP contribution is -2.29. The molecule has 4 nitrogen and oxygen atoms in total. The van der Waals surface area contributed by atoms with Crippen molar-refractivity contribution in [3.63, 3.8) is 0 Å². The molecule has 2 aromatic rings. The normalized spacial score (nSPS) is 17.7. The molecule has 0 radical (unpaired) electrons. The van der Waals surface area contributed by atoms with Crippen molar-refractivity contribution in [2.45, 2.75) is 12.3 Å². The third-order valence-electron chi connectivity index (χ3n) is 4.57. The average molecular weight is 487 g/mol. The maximum Gasteiger partial charge on any atom is 0.227 e. The third-order valence-corrected chi connectivity index (χ3v) is 7.01. The highest BCUT2D eigenvalue weighted by Crippen LogP contribution is 2.42. The van der Waals surface area contributed by atoms with Gasteiger partial charge in [0.05, 0.1) is 12.8 Å². The largest absolute Gasteiger partial charge is 0.497 e. The third kappa shape index (κ3) is 3.67. The fourth-order valence-corrected chi connectivity index (χ4v) is 5.55. The number of ether oxygens (including phenoxy) is 1. The van der Waals surface area contributed by atoms with E-state index in [-0.39, 0.29) is 24.1 Å². The lowest BCUT2D eigenvalue weighted by Gasteiger charge is -2.22. The Morgan fingerprint density at radius 2 is 1.96 bits per heavy atom. The van der Waals surface area contributed by atoms with Gasteiger partial charge in [0, 0.05) is 39.4 Å². The second-order valence-electron chi connectivity index (χ2n) is 6.75. The molecule has 0 N–H and O–H groups in total. The average Bonchev–Trinajstić information content (AvgIpc) is 2.94. The van der Waals surface area contributed by atoms with Crippen LogP contribution in [0.25, 0.3) is 0 Å². The van der Waals surface area contributed by atoms with Crippen LogP contribution in [0.1, 0.15) is 17.9 Å². The monoisotopic (exact) mass is 487 g/mol. The van der Waals surface area contributed by atoms with Gasteiger partial charge in [0.25, 0.3) is 0 Å². The van der Waals surface area contributed by atoms with Crippen molar-refractivity contribution in [1.29, 1.82) is 0 Å². The molecule has 1 fully saturated rings. The SMILES string of the molecule is COc1cc(F)c([C@H]2CC(=O)N(c3ccccc3P(C)(C)=O)C2)c(I)c1. The van der Waals surface area contributed by atoms with Gasteiger partial charge in [-0.2, -0.15) is 0 Å². The summed E-state index contributed by atoms with van der Waals surface area (Å²) in [5, 5.41) is 0.680. The Labute approximate surface area is 166 Å². The zero-order valence-corrected chi connectivity index (χ0v) is 17.9. The van der Waals surface area contributed by atoms with E-state index in [1.54, 1.807) is 30.4 Å². The molecular formula is C19H20FINO3P. The molecule has 2 aromatic carbocycles. The molecule has 7 heteroatoms. The number of amides is 1. The quantitative estimate of drug-likeness (QED) is 0.480. The summed E-state index contributed by atoms with van der Waals surface area (Å²) in [5.74, 6) is -0.234. The molecule has 138 valence electrons. The van der Waals surface area contributed by atoms with Gasteiger partial charge in [-0.25, -0.2) is 4.39 Å². The van der Waals surface area contributed by atoms with Crippen LogP contribution < -0.4 is 14.9 Å². The summed E-state index contributed by atoms with van der Waals surface area (Å²) >= 11 is 2.08. The van der Waals surface area contributed by atoms with Crippen LogP contribution >= 0.6 is 29.7 Å². The molecule has 0 saturated carbocycles. The van der Waals surface area contributed by atoms with Crippen molar-refractivity contribution in [2.24, 2.45) is 0 Å². The number of rotatable bonds is 4. The molecule has 1 aliphatic heterocycles. The summed E-state index contributed by atoms with van der Waals surface area (Å²) < 4.78 is 33.1. The molecule has 26 heavy (non-hydrogen) atoms. The summed E-state index contributed by atoms with van der Waals surface area (Å²) in [7, 11) is -1.05. The first-order valence-corrected chi connectivity index (χ1v) is 11.9. The summed E-state index contributed by atoms with van der Waals surface area (Å²) in [6.45, 7) is 3.75. The van der Waals surface area contributed by atoms with Crippen LogP contribution in [0.4, 0.5) is 10.1 Å². The van der Waals surface area contributed by atoms with E-state index >= 15 is 0 Å². The number of methoxy groups -OCH3 is 1. The summed E-state index contributed by atoms with van der Waals surface area (Å²) in [6, 6.07) is 10.4. The van der Waals surface area contributed by atoms with Crippen molar-refractivity contribution in [3.05, 3.63) is 51.3 Å². The molecular weight excluding hydrogens is 467 g/mol. The van der Waals surface area contributed by atoms with Gasteiger partial charge >= 0.3 is 0 Å². The zero-order chi connectivity index (χ0) is 19.1. The van der Waals surface area contributed by atoms with Crippen molar-refractivity contribution in [2.75, 3.05) is 31.9 Å². The Morgan fingerprint density at radius 1 is 1.27 bits per heavy atom. The molecule has 1 aliphatic rings. The summed E-state index contributed by atoms with van der Waals surface area (Å²) in [4.78, 5) is 14.3. The number of halogens is 2. The van der Waals surface area contributed by atoms with Crippen LogP contribution in [0.5, 0.6) is 5.75 Å². The van der Waals surface area contributed by atoms with E-state index < -0.39 is 7.14 Å². The second kappa shape index (κ2) is 7.31. The van der Waals surface area contributed by atoms with E-state index in [9.17, 15) is 13.8 Å². The summed E-state index contributed by atoms with van der Waals surface area (Å²) in [5.41, 5.74) is 1.20. The van der Waals surface area contributed by atoms with E-state index in [0.717, 1.165) is 3.57 Å². The number of nitrogens with zero attached hydrogens (tertiary/aromatic N) is 1. The first kappa shape index (κ1) is 19.4. The minimum absolute atomic E-state index is 0.0816. The fraction of sp³-hybridized carbons (Fsp3) is 0.316. The molecule has 1 saturated heterocycles. The van der Waals surface area contributed by atoms with Crippen LogP contribution in [0.3, 0.4) is 0 Å². The van der Waals surface area contributed by atoms with Gasteiger partial charge in [-0.15, -0.1) is 0 Å². The zero-order valence-electron chi connectivity index (χ0n) is 14.8. The highest BCUT2D eigenvalue weighted by Gasteiger charge is 2.36. The van der Waals surface area contributed by atoms with Crippen LogP contribution in [-0.2, 0) is 9.36 Å². The van der Waals surface area contributed by atoms with Crippen molar-refractivity contribution in [1.82, 2.24) is 0 Å².